The van der Waals surface area contributed by atoms with E-state index in [4.69, 9.17) is 5.73 Å². The van der Waals surface area contributed by atoms with Gasteiger partial charge < -0.3 is 5.73 Å². The van der Waals surface area contributed by atoms with Gasteiger partial charge in [-0.15, -0.1) is 0 Å². The van der Waals surface area contributed by atoms with Crippen molar-refractivity contribution in [2.75, 3.05) is 5.73 Å². The third-order valence-corrected chi connectivity index (χ3v) is 5.70. The first kappa shape index (κ1) is 10.8. The topological polar surface area (TPSA) is 51.8 Å². The molecule has 0 unspecified atom stereocenters. The fraction of sp³-hybridized carbons (Fsp3) is 0.733. The molecule has 0 aromatic carbocycles. The largest absolute Gasteiger partial charge is 0.383 e. The fourth-order valence-corrected chi connectivity index (χ4v) is 5.19. The molecule has 5 rings (SSSR count). The summed E-state index contributed by atoms with van der Waals surface area (Å²) in [5.74, 6) is 5.12. The van der Waals surface area contributed by atoms with Crippen LogP contribution in [0.5, 0.6) is 0 Å². The molecular formula is C15H21N3. The van der Waals surface area contributed by atoms with Crippen LogP contribution in [0.2, 0.25) is 0 Å². The second kappa shape index (κ2) is 3.69. The van der Waals surface area contributed by atoms with Crippen LogP contribution in [0.25, 0.3) is 0 Å². The Labute approximate surface area is 108 Å². The lowest BCUT2D eigenvalue weighted by molar-refractivity contribution is -0.00438. The molecule has 4 fully saturated rings. The molecule has 96 valence electrons. The molecule has 4 aliphatic carbocycles. The maximum Gasteiger partial charge on any atom is 0.129 e. The predicted molar refractivity (Wildman–Crippen MR) is 71.0 cm³/mol. The molecule has 1 aromatic heterocycles. The van der Waals surface area contributed by atoms with E-state index >= 15 is 0 Å². The highest BCUT2D eigenvalue weighted by atomic mass is 14.9. The van der Waals surface area contributed by atoms with Gasteiger partial charge in [0.2, 0.25) is 0 Å². The van der Waals surface area contributed by atoms with Crippen molar-refractivity contribution in [2.24, 2.45) is 23.7 Å². The Morgan fingerprint density at radius 3 is 2.22 bits per heavy atom. The zero-order chi connectivity index (χ0) is 12.3. The van der Waals surface area contributed by atoms with Crippen LogP contribution in [0.4, 0.5) is 5.82 Å². The van der Waals surface area contributed by atoms with E-state index in [1.54, 1.807) is 6.33 Å². The molecule has 4 aliphatic rings. The molecule has 0 amide bonds. The van der Waals surface area contributed by atoms with E-state index in [-0.39, 0.29) is 0 Å². The molecule has 1 heterocycles. The van der Waals surface area contributed by atoms with Gasteiger partial charge in [0.1, 0.15) is 12.1 Å². The van der Waals surface area contributed by atoms with Crippen LogP contribution in [-0.2, 0) is 0 Å². The lowest BCUT2D eigenvalue weighted by Crippen LogP contribution is -2.44. The van der Waals surface area contributed by atoms with Gasteiger partial charge in [0.25, 0.3) is 0 Å². The van der Waals surface area contributed by atoms with E-state index in [1.165, 1.54) is 37.8 Å². The molecule has 3 nitrogen and oxygen atoms in total. The van der Waals surface area contributed by atoms with Crippen molar-refractivity contribution in [3.8, 4) is 0 Å². The number of nitrogens with two attached hydrogens (primary N) is 1. The van der Waals surface area contributed by atoms with Crippen molar-refractivity contribution in [3.05, 3.63) is 17.6 Å². The summed E-state index contributed by atoms with van der Waals surface area (Å²) in [4.78, 5) is 8.71. The lowest BCUT2D eigenvalue weighted by atomic mass is 9.51. The molecule has 0 aliphatic heterocycles. The van der Waals surface area contributed by atoms with Gasteiger partial charge in [-0.3, -0.25) is 0 Å². The van der Waals surface area contributed by atoms with Crippen LogP contribution < -0.4 is 5.73 Å². The molecule has 0 saturated heterocycles. The average molecular weight is 243 g/mol. The van der Waals surface area contributed by atoms with E-state index in [0.29, 0.717) is 11.7 Å². The minimum Gasteiger partial charge on any atom is -0.383 e. The molecular weight excluding hydrogens is 222 g/mol. The summed E-state index contributed by atoms with van der Waals surface area (Å²) in [7, 11) is 0. The number of hydrogen-bond donors (Lipinski definition) is 1. The molecule has 0 atom stereocenters. The van der Waals surface area contributed by atoms with Crippen molar-refractivity contribution in [2.45, 2.75) is 44.9 Å². The quantitative estimate of drug-likeness (QED) is 0.825. The summed E-state index contributed by atoms with van der Waals surface area (Å²) < 4.78 is 0. The van der Waals surface area contributed by atoms with Crippen LogP contribution in [0.3, 0.4) is 0 Å². The number of aromatic nitrogens is 2. The molecule has 18 heavy (non-hydrogen) atoms. The minimum absolute atomic E-state index is 0.670. The zero-order valence-corrected chi connectivity index (χ0v) is 11.0. The Bertz CT molecular complexity index is 455. The van der Waals surface area contributed by atoms with Crippen LogP contribution >= 0.6 is 0 Å². The number of nitrogens with zero attached hydrogens (tertiary/aromatic N) is 2. The summed E-state index contributed by atoms with van der Waals surface area (Å²) in [6.07, 6.45) is 8.89. The van der Waals surface area contributed by atoms with E-state index in [2.05, 4.69) is 16.9 Å². The van der Waals surface area contributed by atoms with Crippen molar-refractivity contribution in [3.63, 3.8) is 0 Å². The van der Waals surface area contributed by atoms with Crippen molar-refractivity contribution >= 4 is 5.82 Å². The summed E-state index contributed by atoms with van der Waals surface area (Å²) >= 11 is 0. The third kappa shape index (κ3) is 1.42. The van der Waals surface area contributed by atoms with Gasteiger partial charge in [-0.1, -0.05) is 0 Å². The first-order valence-corrected chi connectivity index (χ1v) is 7.29. The van der Waals surface area contributed by atoms with Crippen LogP contribution in [0.1, 0.15) is 49.3 Å². The van der Waals surface area contributed by atoms with E-state index in [9.17, 15) is 0 Å². The Hall–Kier alpha value is -1.12. The number of rotatable bonds is 1. The average Bonchev–Trinajstić information content (AvgIpc) is 2.33. The van der Waals surface area contributed by atoms with Crippen molar-refractivity contribution < 1.29 is 0 Å². The van der Waals surface area contributed by atoms with Crippen LogP contribution in [-0.4, -0.2) is 9.97 Å². The molecule has 3 heteroatoms. The van der Waals surface area contributed by atoms with E-state index < -0.39 is 0 Å². The predicted octanol–water partition coefficient (Wildman–Crippen LogP) is 2.91. The summed E-state index contributed by atoms with van der Waals surface area (Å²) in [6.45, 7) is 2.09. The highest BCUT2D eigenvalue weighted by Gasteiger charge is 2.49. The SMILES string of the molecule is Cc1c(N)ncnc1C1C2CC3CC(C2)CC1C3. The molecule has 4 bridgehead atoms. The Kier molecular flexibility index (Phi) is 2.21. The standard InChI is InChI=1S/C15H21N3/c1-8-14(17-7-18-15(8)16)13-11-3-9-2-10(5-11)6-12(13)4-9/h7,9-13H,2-6H2,1H3,(H2,16,17,18). The number of hydrogen-bond acceptors (Lipinski definition) is 3. The lowest BCUT2D eigenvalue weighted by Gasteiger charge is -2.54. The number of anilines is 1. The Morgan fingerprint density at radius 1 is 1.00 bits per heavy atom. The highest BCUT2D eigenvalue weighted by Crippen LogP contribution is 2.59. The second-order valence-corrected chi connectivity index (χ2v) is 6.73. The summed E-state index contributed by atoms with van der Waals surface area (Å²) in [5, 5.41) is 0. The summed E-state index contributed by atoms with van der Waals surface area (Å²) in [5.41, 5.74) is 8.36. The molecule has 4 saturated carbocycles. The first-order valence-electron chi connectivity index (χ1n) is 7.29. The maximum atomic E-state index is 5.96. The monoisotopic (exact) mass is 243 g/mol. The maximum absolute atomic E-state index is 5.96. The smallest absolute Gasteiger partial charge is 0.129 e. The van der Waals surface area contributed by atoms with Gasteiger partial charge in [0, 0.05) is 11.5 Å². The molecule has 0 spiro atoms. The molecule has 1 aromatic rings. The van der Waals surface area contributed by atoms with Crippen LogP contribution in [0.15, 0.2) is 6.33 Å². The Balaban J connectivity index is 1.74. The third-order valence-electron chi connectivity index (χ3n) is 5.70. The van der Waals surface area contributed by atoms with Gasteiger partial charge in [0.15, 0.2) is 0 Å². The second-order valence-electron chi connectivity index (χ2n) is 6.73. The van der Waals surface area contributed by atoms with Gasteiger partial charge in [-0.2, -0.15) is 0 Å². The molecule has 0 radical (unpaired) electrons. The van der Waals surface area contributed by atoms with Gasteiger partial charge in [-0.05, 0) is 62.7 Å². The highest BCUT2D eigenvalue weighted by molar-refractivity contribution is 5.42. The van der Waals surface area contributed by atoms with Crippen molar-refractivity contribution in [1.29, 1.82) is 0 Å². The van der Waals surface area contributed by atoms with Gasteiger partial charge in [0.05, 0.1) is 5.69 Å². The van der Waals surface area contributed by atoms with Gasteiger partial charge in [-0.25, -0.2) is 9.97 Å². The minimum atomic E-state index is 0.670. The fourth-order valence-electron chi connectivity index (χ4n) is 5.19. The van der Waals surface area contributed by atoms with E-state index in [1.807, 2.05) is 0 Å². The van der Waals surface area contributed by atoms with Crippen LogP contribution in [0, 0.1) is 30.6 Å². The van der Waals surface area contributed by atoms with Gasteiger partial charge >= 0.3 is 0 Å². The molecule has 2 N–H and O–H groups in total. The Morgan fingerprint density at radius 2 is 1.61 bits per heavy atom. The summed E-state index contributed by atoms with van der Waals surface area (Å²) in [6, 6.07) is 0. The number of nitrogen functional groups attached to an aromatic ring is 1. The normalized spacial score (nSPS) is 41.3. The first-order chi connectivity index (χ1) is 8.72. The van der Waals surface area contributed by atoms with E-state index in [0.717, 1.165) is 29.2 Å². The van der Waals surface area contributed by atoms with Crippen molar-refractivity contribution in [1.82, 2.24) is 9.97 Å². The zero-order valence-electron chi connectivity index (χ0n) is 11.0.